The van der Waals surface area contributed by atoms with Gasteiger partial charge in [0.15, 0.2) is 5.82 Å². The molecule has 2 aromatic carbocycles. The molecule has 0 saturated carbocycles. The summed E-state index contributed by atoms with van der Waals surface area (Å²) in [5.41, 5.74) is 0.310. The van der Waals surface area contributed by atoms with Gasteiger partial charge in [-0.1, -0.05) is 12.1 Å². The summed E-state index contributed by atoms with van der Waals surface area (Å²) in [7, 11) is -4.12. The van der Waals surface area contributed by atoms with Gasteiger partial charge in [-0.25, -0.2) is 27.5 Å². The summed E-state index contributed by atoms with van der Waals surface area (Å²) >= 11 is 0. The maximum atomic E-state index is 13.4. The molecule has 13 heteroatoms. The number of fused-ring (bicyclic) bond motifs is 1. The predicted molar refractivity (Wildman–Crippen MR) is 118 cm³/mol. The second-order valence-corrected chi connectivity index (χ2v) is 9.93. The highest BCUT2D eigenvalue weighted by Gasteiger charge is 2.34. The van der Waals surface area contributed by atoms with Gasteiger partial charge in [-0.05, 0) is 24.6 Å². The van der Waals surface area contributed by atoms with Crippen LogP contribution in [0.15, 0.2) is 53.7 Å². The van der Waals surface area contributed by atoms with E-state index in [4.69, 9.17) is 14.2 Å². The molecule has 0 amide bonds. The van der Waals surface area contributed by atoms with Crippen LogP contribution >= 0.6 is 0 Å². The van der Waals surface area contributed by atoms with Gasteiger partial charge in [0, 0.05) is 23.1 Å². The van der Waals surface area contributed by atoms with Crippen LogP contribution < -0.4 is 14.2 Å². The molecular formula is C23H19F4N3O5S. The number of anilines is 1. The van der Waals surface area contributed by atoms with Crippen LogP contribution in [0.1, 0.15) is 29.0 Å². The molecule has 3 heterocycles. The van der Waals surface area contributed by atoms with E-state index in [1.54, 1.807) is 6.07 Å². The van der Waals surface area contributed by atoms with Gasteiger partial charge in [0.25, 0.3) is 10.0 Å². The van der Waals surface area contributed by atoms with Crippen molar-refractivity contribution in [3.8, 4) is 11.5 Å². The van der Waals surface area contributed by atoms with Crippen LogP contribution in [0.25, 0.3) is 0 Å². The number of hydrogen-bond donors (Lipinski definition) is 1. The van der Waals surface area contributed by atoms with E-state index < -0.39 is 33.5 Å². The molecule has 1 fully saturated rings. The quantitative estimate of drug-likeness (QED) is 0.483. The first-order valence-electron chi connectivity index (χ1n) is 10.8. The third-order valence-electron chi connectivity index (χ3n) is 5.80. The Morgan fingerprint density at radius 3 is 2.42 bits per heavy atom. The van der Waals surface area contributed by atoms with Crippen LogP contribution in [0, 0.1) is 5.82 Å². The maximum absolute atomic E-state index is 13.4. The first kappa shape index (κ1) is 24.3. The van der Waals surface area contributed by atoms with Crippen LogP contribution in [-0.2, 0) is 20.9 Å². The maximum Gasteiger partial charge on any atom is 0.416 e. The molecule has 0 aliphatic carbocycles. The van der Waals surface area contributed by atoms with Gasteiger partial charge in [-0.3, -0.25) is 0 Å². The SMILES string of the molecule is O=S(=O)(Nc1ncc(F)cn1)c1ccc2c(c1)OCC[C@@H]2c1ccc(C(F)(F)F)cc1OC1COC1. The number of nitrogens with zero attached hydrogens (tertiary/aromatic N) is 2. The molecular weight excluding hydrogens is 506 g/mol. The molecule has 3 aromatic rings. The largest absolute Gasteiger partial charge is 0.493 e. The fourth-order valence-electron chi connectivity index (χ4n) is 3.97. The molecule has 0 unspecified atom stereocenters. The van der Waals surface area contributed by atoms with Crippen LogP contribution in [0.4, 0.5) is 23.5 Å². The molecule has 8 nitrogen and oxygen atoms in total. The van der Waals surface area contributed by atoms with E-state index in [9.17, 15) is 26.0 Å². The zero-order valence-electron chi connectivity index (χ0n) is 18.5. The number of sulfonamides is 1. The standard InChI is InChI=1S/C23H19F4N3O5S/c24-14-9-28-22(29-10-14)30-36(31,32)16-2-4-18-17(5-6-34-20(18)8-16)19-3-1-13(23(25,26)27)7-21(19)35-15-11-33-12-15/h1-4,7-10,15,17H,5-6,11-12H2,(H,28,29,30)/t17-/m0/s1. The van der Waals surface area contributed by atoms with Crippen molar-refractivity contribution in [2.24, 2.45) is 0 Å². The molecule has 1 saturated heterocycles. The lowest BCUT2D eigenvalue weighted by atomic mass is 9.85. The highest BCUT2D eigenvalue weighted by atomic mass is 32.2. The third kappa shape index (κ3) is 4.93. The summed E-state index contributed by atoms with van der Waals surface area (Å²) in [5.74, 6) is -1.05. The first-order valence-corrected chi connectivity index (χ1v) is 12.3. The Bertz CT molecular complexity index is 1380. The van der Waals surface area contributed by atoms with Crippen molar-refractivity contribution < 1.29 is 40.2 Å². The fourth-order valence-corrected chi connectivity index (χ4v) is 4.94. The summed E-state index contributed by atoms with van der Waals surface area (Å²) in [6.45, 7) is 0.779. The van der Waals surface area contributed by atoms with Gasteiger partial charge in [0.05, 0.1) is 42.7 Å². The highest BCUT2D eigenvalue weighted by Crippen LogP contribution is 2.44. The smallest absolute Gasteiger partial charge is 0.416 e. The predicted octanol–water partition coefficient (Wildman–Crippen LogP) is 4.13. The summed E-state index contributed by atoms with van der Waals surface area (Å²) in [6, 6.07) is 7.57. The second-order valence-electron chi connectivity index (χ2n) is 8.25. The summed E-state index contributed by atoms with van der Waals surface area (Å²) in [5, 5.41) is 0. The highest BCUT2D eigenvalue weighted by molar-refractivity contribution is 7.92. The topological polar surface area (TPSA) is 99.6 Å². The lowest BCUT2D eigenvalue weighted by Crippen LogP contribution is -2.39. The van der Waals surface area contributed by atoms with E-state index in [1.807, 2.05) is 0 Å². The van der Waals surface area contributed by atoms with Crippen molar-refractivity contribution in [3.63, 3.8) is 0 Å². The third-order valence-corrected chi connectivity index (χ3v) is 7.12. The molecule has 1 aromatic heterocycles. The van der Waals surface area contributed by atoms with Crippen molar-refractivity contribution >= 4 is 16.0 Å². The van der Waals surface area contributed by atoms with E-state index in [0.717, 1.165) is 24.5 Å². The average Bonchev–Trinajstić information content (AvgIpc) is 2.81. The molecule has 2 aliphatic heterocycles. The van der Waals surface area contributed by atoms with E-state index in [1.165, 1.54) is 18.2 Å². The summed E-state index contributed by atoms with van der Waals surface area (Å²) < 4.78 is 97.4. The molecule has 190 valence electrons. The molecule has 2 aliphatic rings. The zero-order chi connectivity index (χ0) is 25.5. The van der Waals surface area contributed by atoms with Gasteiger partial charge < -0.3 is 14.2 Å². The number of hydrogen-bond acceptors (Lipinski definition) is 7. The summed E-state index contributed by atoms with van der Waals surface area (Å²) in [4.78, 5) is 7.03. The minimum Gasteiger partial charge on any atom is -0.493 e. The van der Waals surface area contributed by atoms with E-state index >= 15 is 0 Å². The van der Waals surface area contributed by atoms with E-state index in [-0.39, 0.29) is 48.3 Å². The number of rotatable bonds is 6. The number of benzene rings is 2. The second kappa shape index (κ2) is 9.21. The van der Waals surface area contributed by atoms with E-state index in [0.29, 0.717) is 17.5 Å². The molecule has 36 heavy (non-hydrogen) atoms. The number of halogens is 4. The number of alkyl halides is 3. The normalized spacial score (nSPS) is 18.1. The van der Waals surface area contributed by atoms with Crippen LogP contribution in [-0.4, -0.2) is 44.3 Å². The Morgan fingerprint density at radius 2 is 1.75 bits per heavy atom. The Hall–Kier alpha value is -3.45. The van der Waals surface area contributed by atoms with Crippen LogP contribution in [0.3, 0.4) is 0 Å². The monoisotopic (exact) mass is 525 g/mol. The average molecular weight is 525 g/mol. The number of ether oxygens (including phenoxy) is 3. The van der Waals surface area contributed by atoms with Crippen LogP contribution in [0.2, 0.25) is 0 Å². The Kier molecular flexibility index (Phi) is 6.20. The van der Waals surface area contributed by atoms with Crippen molar-refractivity contribution in [1.82, 2.24) is 9.97 Å². The van der Waals surface area contributed by atoms with Gasteiger partial charge in [0.2, 0.25) is 5.95 Å². The van der Waals surface area contributed by atoms with Gasteiger partial charge >= 0.3 is 6.18 Å². The van der Waals surface area contributed by atoms with Crippen molar-refractivity contribution in [2.75, 3.05) is 24.5 Å². The summed E-state index contributed by atoms with van der Waals surface area (Å²) in [6.07, 6.45) is -2.79. The number of aromatic nitrogens is 2. The Morgan fingerprint density at radius 1 is 1.03 bits per heavy atom. The molecule has 1 atom stereocenters. The number of nitrogens with one attached hydrogen (secondary N) is 1. The van der Waals surface area contributed by atoms with Crippen molar-refractivity contribution in [2.45, 2.75) is 29.5 Å². The molecule has 5 rings (SSSR count). The molecule has 0 bridgehead atoms. The first-order chi connectivity index (χ1) is 17.1. The minimum atomic E-state index is -4.54. The van der Waals surface area contributed by atoms with Crippen molar-refractivity contribution in [3.05, 3.63) is 71.3 Å². The van der Waals surface area contributed by atoms with Crippen LogP contribution in [0.5, 0.6) is 11.5 Å². The van der Waals surface area contributed by atoms with Gasteiger partial charge in [-0.2, -0.15) is 13.2 Å². The Balaban J connectivity index is 1.47. The molecule has 0 radical (unpaired) electrons. The Labute approximate surface area is 203 Å². The van der Waals surface area contributed by atoms with Gasteiger partial charge in [-0.15, -0.1) is 0 Å². The van der Waals surface area contributed by atoms with Gasteiger partial charge in [0.1, 0.15) is 17.6 Å². The lowest BCUT2D eigenvalue weighted by Gasteiger charge is -2.31. The molecule has 0 spiro atoms. The lowest BCUT2D eigenvalue weighted by molar-refractivity contribution is -0.138. The van der Waals surface area contributed by atoms with Crippen molar-refractivity contribution in [1.29, 1.82) is 0 Å². The van der Waals surface area contributed by atoms with E-state index in [2.05, 4.69) is 14.7 Å². The minimum absolute atomic E-state index is 0.0998. The fraction of sp³-hybridized carbons (Fsp3) is 0.304. The zero-order valence-corrected chi connectivity index (χ0v) is 19.3. The molecule has 1 N–H and O–H groups in total.